The van der Waals surface area contributed by atoms with Crippen molar-refractivity contribution in [2.24, 2.45) is 5.10 Å². The molecule has 0 aromatic carbocycles. The van der Waals surface area contributed by atoms with Crippen molar-refractivity contribution in [3.63, 3.8) is 0 Å². The summed E-state index contributed by atoms with van der Waals surface area (Å²) >= 11 is 5.62. The lowest BCUT2D eigenvalue weighted by molar-refractivity contribution is -0.130. The Morgan fingerprint density at radius 3 is 2.79 bits per heavy atom. The zero-order valence-corrected chi connectivity index (χ0v) is 10.7. The summed E-state index contributed by atoms with van der Waals surface area (Å²) in [5, 5.41) is 5.67. The maximum absolute atomic E-state index is 11.8. The van der Waals surface area contributed by atoms with Gasteiger partial charge in [0.05, 0.1) is 12.5 Å². The van der Waals surface area contributed by atoms with Crippen LogP contribution in [0.2, 0.25) is 0 Å². The van der Waals surface area contributed by atoms with Crippen molar-refractivity contribution < 1.29 is 13.6 Å². The predicted octanol–water partition coefficient (Wildman–Crippen LogP) is 2.79. The molecule has 1 atom stereocenters. The molecular formula is C13H11ClN2O3. The van der Waals surface area contributed by atoms with Crippen LogP contribution in [0.1, 0.15) is 24.0 Å². The van der Waals surface area contributed by atoms with E-state index in [4.69, 9.17) is 20.4 Å². The van der Waals surface area contributed by atoms with Gasteiger partial charge in [-0.15, -0.1) is 11.6 Å². The number of halogens is 1. The minimum absolute atomic E-state index is 0.119. The van der Waals surface area contributed by atoms with Crippen molar-refractivity contribution in [1.29, 1.82) is 0 Å². The van der Waals surface area contributed by atoms with E-state index in [-0.39, 0.29) is 17.8 Å². The number of rotatable bonds is 3. The number of hydrazone groups is 1. The van der Waals surface area contributed by atoms with E-state index in [2.05, 4.69) is 5.10 Å². The van der Waals surface area contributed by atoms with Crippen LogP contribution in [0.25, 0.3) is 0 Å². The Kier molecular flexibility index (Phi) is 3.13. The van der Waals surface area contributed by atoms with E-state index in [1.165, 1.54) is 5.01 Å². The fraction of sp³-hybridized carbons (Fsp3) is 0.231. The number of hydrogen-bond acceptors (Lipinski definition) is 4. The quantitative estimate of drug-likeness (QED) is 0.811. The second-order valence-corrected chi connectivity index (χ2v) is 4.40. The molecule has 0 saturated carbocycles. The second-order valence-electron chi connectivity index (χ2n) is 4.13. The first-order chi connectivity index (χ1) is 9.29. The molecule has 2 aromatic rings. The maximum Gasteiger partial charge on any atom is 0.258 e. The SMILES string of the molecule is O=C(CCl)N1N=C(c2ccco2)C[C@H]1c1ccco1. The van der Waals surface area contributed by atoms with Gasteiger partial charge in [0, 0.05) is 6.42 Å². The standard InChI is InChI=1S/C13H11ClN2O3/c14-8-13(17)16-10(12-4-2-6-19-12)7-9(15-16)11-3-1-5-18-11/h1-6,10H,7-8H2/t10-/m0/s1. The molecule has 2 aromatic heterocycles. The van der Waals surface area contributed by atoms with Crippen molar-refractivity contribution in [3.05, 3.63) is 48.3 Å². The number of furan rings is 2. The lowest BCUT2D eigenvalue weighted by Crippen LogP contribution is -2.27. The van der Waals surface area contributed by atoms with Gasteiger partial charge < -0.3 is 8.83 Å². The fourth-order valence-corrected chi connectivity index (χ4v) is 2.22. The molecule has 1 aliphatic heterocycles. The Hall–Kier alpha value is -2.01. The third-order valence-electron chi connectivity index (χ3n) is 2.96. The molecule has 0 bridgehead atoms. The van der Waals surface area contributed by atoms with E-state index in [0.29, 0.717) is 23.7 Å². The van der Waals surface area contributed by atoms with Gasteiger partial charge in [0.15, 0.2) is 0 Å². The fourth-order valence-electron chi connectivity index (χ4n) is 2.10. The summed E-state index contributed by atoms with van der Waals surface area (Å²) in [6, 6.07) is 6.93. The molecule has 98 valence electrons. The zero-order valence-electron chi connectivity index (χ0n) is 9.95. The zero-order chi connectivity index (χ0) is 13.2. The highest BCUT2D eigenvalue weighted by atomic mass is 35.5. The van der Waals surface area contributed by atoms with Crippen LogP contribution >= 0.6 is 11.6 Å². The lowest BCUT2D eigenvalue weighted by atomic mass is 10.1. The van der Waals surface area contributed by atoms with Gasteiger partial charge in [-0.05, 0) is 24.3 Å². The summed E-state index contributed by atoms with van der Waals surface area (Å²) in [6.45, 7) is 0. The Balaban J connectivity index is 1.93. The normalized spacial score (nSPS) is 18.7. The van der Waals surface area contributed by atoms with E-state index in [1.54, 1.807) is 24.7 Å². The van der Waals surface area contributed by atoms with Crippen molar-refractivity contribution in [3.8, 4) is 0 Å². The molecule has 0 saturated heterocycles. The van der Waals surface area contributed by atoms with Crippen molar-refractivity contribution in [2.75, 3.05) is 5.88 Å². The first-order valence-corrected chi connectivity index (χ1v) is 6.36. The molecule has 19 heavy (non-hydrogen) atoms. The van der Waals surface area contributed by atoms with Gasteiger partial charge in [0.2, 0.25) is 0 Å². The topological polar surface area (TPSA) is 59.0 Å². The monoisotopic (exact) mass is 278 g/mol. The Bertz CT molecular complexity index is 589. The van der Waals surface area contributed by atoms with Gasteiger partial charge in [-0.3, -0.25) is 4.79 Å². The highest BCUT2D eigenvalue weighted by Gasteiger charge is 2.35. The molecular weight excluding hydrogens is 268 g/mol. The van der Waals surface area contributed by atoms with E-state index in [0.717, 1.165) is 0 Å². The van der Waals surface area contributed by atoms with Gasteiger partial charge in [-0.25, -0.2) is 5.01 Å². The highest BCUT2D eigenvalue weighted by molar-refractivity contribution is 6.27. The molecule has 0 unspecified atom stereocenters. The van der Waals surface area contributed by atoms with Crippen LogP contribution in [0.3, 0.4) is 0 Å². The molecule has 1 amide bonds. The van der Waals surface area contributed by atoms with Crippen LogP contribution in [0.5, 0.6) is 0 Å². The smallest absolute Gasteiger partial charge is 0.258 e. The van der Waals surface area contributed by atoms with Crippen molar-refractivity contribution in [2.45, 2.75) is 12.5 Å². The largest absolute Gasteiger partial charge is 0.467 e. The van der Waals surface area contributed by atoms with Gasteiger partial charge >= 0.3 is 0 Å². The number of hydrogen-bond donors (Lipinski definition) is 0. The molecule has 0 N–H and O–H groups in total. The second kappa shape index (κ2) is 4.93. The van der Waals surface area contributed by atoms with Crippen LogP contribution in [0, 0.1) is 0 Å². The average Bonchev–Trinajstić information content (AvgIpc) is 3.14. The van der Waals surface area contributed by atoms with Gasteiger partial charge in [0.1, 0.15) is 29.2 Å². The number of alkyl halides is 1. The van der Waals surface area contributed by atoms with E-state index in [9.17, 15) is 4.79 Å². The summed E-state index contributed by atoms with van der Waals surface area (Å²) in [5.41, 5.74) is 0.713. The van der Waals surface area contributed by atoms with Crippen molar-refractivity contribution in [1.82, 2.24) is 5.01 Å². The summed E-state index contributed by atoms with van der Waals surface area (Å²) < 4.78 is 10.7. The summed E-state index contributed by atoms with van der Waals surface area (Å²) in [6.07, 6.45) is 3.69. The summed E-state index contributed by atoms with van der Waals surface area (Å²) in [4.78, 5) is 11.8. The first-order valence-electron chi connectivity index (χ1n) is 5.82. The van der Waals surface area contributed by atoms with Gasteiger partial charge in [-0.2, -0.15) is 5.10 Å². The lowest BCUT2D eigenvalue weighted by Gasteiger charge is -2.18. The third kappa shape index (κ3) is 2.17. The molecule has 3 rings (SSSR count). The highest BCUT2D eigenvalue weighted by Crippen LogP contribution is 2.33. The third-order valence-corrected chi connectivity index (χ3v) is 3.19. The number of carbonyl (C=O) groups is 1. The Labute approximate surface area is 114 Å². The van der Waals surface area contributed by atoms with Crippen LogP contribution in [0.4, 0.5) is 0 Å². The molecule has 1 aliphatic rings. The molecule has 6 heteroatoms. The Morgan fingerprint density at radius 1 is 1.37 bits per heavy atom. The Morgan fingerprint density at radius 2 is 2.16 bits per heavy atom. The predicted molar refractivity (Wildman–Crippen MR) is 68.9 cm³/mol. The minimum atomic E-state index is -0.263. The van der Waals surface area contributed by atoms with Crippen molar-refractivity contribution >= 4 is 23.2 Å². The molecule has 0 fully saturated rings. The van der Waals surface area contributed by atoms with E-state index >= 15 is 0 Å². The number of nitrogens with zero attached hydrogens (tertiary/aromatic N) is 2. The van der Waals surface area contributed by atoms with Crippen LogP contribution in [-0.4, -0.2) is 22.5 Å². The average molecular weight is 279 g/mol. The molecule has 3 heterocycles. The van der Waals surface area contributed by atoms with Gasteiger partial charge in [-0.1, -0.05) is 0 Å². The maximum atomic E-state index is 11.8. The minimum Gasteiger partial charge on any atom is -0.467 e. The number of amides is 1. The van der Waals surface area contributed by atoms with E-state index < -0.39 is 0 Å². The first kappa shape index (κ1) is 12.0. The molecule has 0 spiro atoms. The van der Waals surface area contributed by atoms with Gasteiger partial charge in [0.25, 0.3) is 5.91 Å². The molecule has 0 aliphatic carbocycles. The van der Waals surface area contributed by atoms with Crippen LogP contribution < -0.4 is 0 Å². The molecule has 0 radical (unpaired) electrons. The van der Waals surface area contributed by atoms with Crippen LogP contribution in [-0.2, 0) is 4.79 Å². The van der Waals surface area contributed by atoms with E-state index in [1.807, 2.05) is 12.1 Å². The summed E-state index contributed by atoms with van der Waals surface area (Å²) in [5.74, 6) is 0.960. The molecule has 5 nitrogen and oxygen atoms in total. The van der Waals surface area contributed by atoms with Crippen LogP contribution in [0.15, 0.2) is 50.7 Å². The number of carbonyl (C=O) groups excluding carboxylic acids is 1. The summed E-state index contributed by atoms with van der Waals surface area (Å²) in [7, 11) is 0.